The first-order valence-electron chi connectivity index (χ1n) is 8.69. The minimum atomic E-state index is -1.27. The van der Waals surface area contributed by atoms with Gasteiger partial charge < -0.3 is 10.2 Å². The Morgan fingerprint density at radius 2 is 1.86 bits per heavy atom. The van der Waals surface area contributed by atoms with Crippen LogP contribution in [0.2, 0.25) is 5.02 Å². The van der Waals surface area contributed by atoms with E-state index in [2.05, 4.69) is 15.0 Å². The first-order chi connectivity index (χ1) is 13.5. The predicted octanol–water partition coefficient (Wildman–Crippen LogP) is 2.89. The highest BCUT2D eigenvalue weighted by atomic mass is 35.5. The Hall–Kier alpha value is -3.10. The van der Waals surface area contributed by atoms with Crippen molar-refractivity contribution in [2.75, 3.05) is 0 Å². The quantitative estimate of drug-likeness (QED) is 0.673. The third-order valence-corrected chi connectivity index (χ3v) is 4.71. The molecule has 9 heteroatoms. The minimum Gasteiger partial charge on any atom is -0.478 e. The fourth-order valence-electron chi connectivity index (χ4n) is 2.86. The molecule has 3 aromatic rings. The van der Waals surface area contributed by atoms with Gasteiger partial charge in [-0.05, 0) is 51.5 Å². The lowest BCUT2D eigenvalue weighted by molar-refractivity contribution is 0.0684. The summed E-state index contributed by atoms with van der Waals surface area (Å²) >= 11 is 6.02. The number of halogens is 1. The number of aromatic carboxylic acids is 1. The van der Waals surface area contributed by atoms with Crippen LogP contribution in [0.25, 0.3) is 17.1 Å². The summed E-state index contributed by atoms with van der Waals surface area (Å²) in [6, 6.07) is 4.66. The van der Waals surface area contributed by atoms with Crippen LogP contribution in [0.5, 0.6) is 0 Å². The Morgan fingerprint density at radius 3 is 2.48 bits per heavy atom. The molecule has 8 nitrogen and oxygen atoms in total. The SMILES string of the molecule is Cc1cnc(-c2ccnc(C(C)(C)O)n2)cc1-n1c(C)cc(C(=O)O)c(Cl)c1=O. The van der Waals surface area contributed by atoms with Crippen molar-refractivity contribution in [2.45, 2.75) is 33.3 Å². The third kappa shape index (κ3) is 3.90. The Kier molecular flexibility index (Phi) is 5.25. The molecule has 0 aliphatic carbocycles. The molecule has 0 unspecified atom stereocenters. The van der Waals surface area contributed by atoms with Crippen LogP contribution in [-0.2, 0) is 5.60 Å². The molecule has 0 aliphatic heterocycles. The van der Waals surface area contributed by atoms with E-state index in [9.17, 15) is 19.8 Å². The van der Waals surface area contributed by atoms with Crippen molar-refractivity contribution in [3.05, 3.63) is 68.6 Å². The van der Waals surface area contributed by atoms with E-state index in [1.165, 1.54) is 16.8 Å². The standard InChI is InChI=1S/C20H19ClN4O4/c1-10-9-23-14(13-5-6-22-19(24-13)20(3,4)29)8-15(10)25-11(2)7-12(18(27)28)16(21)17(25)26/h5-9,29H,1-4H3,(H,27,28). The van der Waals surface area contributed by atoms with Crippen molar-refractivity contribution in [3.8, 4) is 17.1 Å². The maximum Gasteiger partial charge on any atom is 0.337 e. The largest absolute Gasteiger partial charge is 0.478 e. The van der Waals surface area contributed by atoms with Gasteiger partial charge in [-0.25, -0.2) is 14.8 Å². The van der Waals surface area contributed by atoms with E-state index in [0.29, 0.717) is 28.3 Å². The average Bonchev–Trinajstić information content (AvgIpc) is 2.65. The van der Waals surface area contributed by atoms with Crippen molar-refractivity contribution in [3.63, 3.8) is 0 Å². The zero-order chi connectivity index (χ0) is 21.5. The summed E-state index contributed by atoms with van der Waals surface area (Å²) < 4.78 is 1.34. The van der Waals surface area contributed by atoms with E-state index >= 15 is 0 Å². The van der Waals surface area contributed by atoms with Crippen molar-refractivity contribution in [1.29, 1.82) is 0 Å². The minimum absolute atomic E-state index is 0.237. The summed E-state index contributed by atoms with van der Waals surface area (Å²) in [5, 5.41) is 19.0. The number of rotatable bonds is 4. The lowest BCUT2D eigenvalue weighted by Gasteiger charge is -2.17. The molecule has 0 saturated heterocycles. The number of carboxylic acid groups (broad SMARTS) is 1. The van der Waals surface area contributed by atoms with Crippen molar-refractivity contribution >= 4 is 17.6 Å². The van der Waals surface area contributed by atoms with Crippen LogP contribution < -0.4 is 5.56 Å². The molecule has 0 aromatic carbocycles. The zero-order valence-electron chi connectivity index (χ0n) is 16.3. The molecule has 0 bridgehead atoms. The molecule has 0 atom stereocenters. The molecule has 3 heterocycles. The highest BCUT2D eigenvalue weighted by molar-refractivity contribution is 6.33. The lowest BCUT2D eigenvalue weighted by Crippen LogP contribution is -2.24. The Balaban J connectivity index is 2.22. The van der Waals surface area contributed by atoms with Gasteiger partial charge in [0, 0.05) is 18.1 Å². The fraction of sp³-hybridized carbons (Fsp3) is 0.250. The van der Waals surface area contributed by atoms with Gasteiger partial charge in [0.05, 0.1) is 22.6 Å². The molecule has 3 rings (SSSR count). The van der Waals surface area contributed by atoms with Gasteiger partial charge in [0.25, 0.3) is 5.56 Å². The maximum atomic E-state index is 12.8. The number of aromatic nitrogens is 4. The summed E-state index contributed by atoms with van der Waals surface area (Å²) in [6.07, 6.45) is 3.11. The second kappa shape index (κ2) is 7.38. The first-order valence-corrected chi connectivity index (χ1v) is 9.07. The van der Waals surface area contributed by atoms with E-state index < -0.39 is 17.1 Å². The lowest BCUT2D eigenvalue weighted by atomic mass is 10.1. The second-order valence-electron chi connectivity index (χ2n) is 7.14. The average molecular weight is 415 g/mol. The van der Waals surface area contributed by atoms with Crippen molar-refractivity contribution in [1.82, 2.24) is 19.5 Å². The van der Waals surface area contributed by atoms with E-state index in [1.54, 1.807) is 46.0 Å². The topological polar surface area (TPSA) is 118 Å². The van der Waals surface area contributed by atoms with E-state index in [0.717, 1.165) is 0 Å². The number of aliphatic hydroxyl groups is 1. The van der Waals surface area contributed by atoms with Crippen LogP contribution in [0.3, 0.4) is 0 Å². The highest BCUT2D eigenvalue weighted by Crippen LogP contribution is 2.24. The summed E-state index contributed by atoms with van der Waals surface area (Å²) in [5.41, 5.74) is 0.427. The molecule has 150 valence electrons. The van der Waals surface area contributed by atoms with E-state index in [1.807, 2.05) is 0 Å². The molecule has 0 spiro atoms. The van der Waals surface area contributed by atoms with E-state index in [4.69, 9.17) is 11.6 Å². The summed E-state index contributed by atoms with van der Waals surface area (Å²) in [5.74, 6) is -1.03. The van der Waals surface area contributed by atoms with Crippen molar-refractivity contribution < 1.29 is 15.0 Å². The van der Waals surface area contributed by atoms with Crippen LogP contribution in [0.4, 0.5) is 0 Å². The Labute approximate surface area is 171 Å². The number of carbonyl (C=O) groups is 1. The third-order valence-electron chi connectivity index (χ3n) is 4.34. The number of hydrogen-bond donors (Lipinski definition) is 2. The van der Waals surface area contributed by atoms with Gasteiger partial charge in [0.2, 0.25) is 0 Å². The second-order valence-corrected chi connectivity index (χ2v) is 7.52. The molecule has 2 N–H and O–H groups in total. The normalized spacial score (nSPS) is 11.5. The summed E-state index contributed by atoms with van der Waals surface area (Å²) in [4.78, 5) is 36.9. The van der Waals surface area contributed by atoms with Crippen LogP contribution >= 0.6 is 11.6 Å². The van der Waals surface area contributed by atoms with Gasteiger partial charge >= 0.3 is 5.97 Å². The van der Waals surface area contributed by atoms with Crippen molar-refractivity contribution in [2.24, 2.45) is 0 Å². The number of hydrogen-bond acceptors (Lipinski definition) is 6. The first kappa shape index (κ1) is 20.6. The monoisotopic (exact) mass is 414 g/mol. The fourth-order valence-corrected chi connectivity index (χ4v) is 3.08. The number of pyridine rings is 2. The molecule has 0 aliphatic rings. The van der Waals surface area contributed by atoms with Gasteiger partial charge in [-0.15, -0.1) is 0 Å². The zero-order valence-corrected chi connectivity index (χ0v) is 17.0. The van der Waals surface area contributed by atoms with Crippen LogP contribution in [-0.4, -0.2) is 35.7 Å². The summed E-state index contributed by atoms with van der Waals surface area (Å²) in [7, 11) is 0. The van der Waals surface area contributed by atoms with E-state index in [-0.39, 0.29) is 16.4 Å². The molecular weight excluding hydrogens is 396 g/mol. The van der Waals surface area contributed by atoms with Gasteiger partial charge in [0.15, 0.2) is 5.82 Å². The van der Waals surface area contributed by atoms with Gasteiger partial charge in [-0.1, -0.05) is 11.6 Å². The Morgan fingerprint density at radius 1 is 1.17 bits per heavy atom. The van der Waals surface area contributed by atoms with Crippen LogP contribution in [0.1, 0.15) is 41.3 Å². The molecule has 0 fully saturated rings. The molecular formula is C20H19ClN4O4. The number of carboxylic acids is 1. The molecule has 0 amide bonds. The number of nitrogens with zero attached hydrogens (tertiary/aromatic N) is 4. The maximum absolute atomic E-state index is 12.8. The highest BCUT2D eigenvalue weighted by Gasteiger charge is 2.21. The van der Waals surface area contributed by atoms with Crippen LogP contribution in [0, 0.1) is 13.8 Å². The Bertz CT molecular complexity index is 1180. The van der Waals surface area contributed by atoms with Gasteiger partial charge in [0.1, 0.15) is 10.6 Å². The van der Waals surface area contributed by atoms with Crippen LogP contribution in [0.15, 0.2) is 35.4 Å². The predicted molar refractivity (Wildman–Crippen MR) is 108 cm³/mol. The summed E-state index contributed by atoms with van der Waals surface area (Å²) in [6.45, 7) is 6.56. The smallest absolute Gasteiger partial charge is 0.337 e. The number of aryl methyl sites for hydroxylation is 2. The van der Waals surface area contributed by atoms with Gasteiger partial charge in [-0.3, -0.25) is 14.3 Å². The molecule has 29 heavy (non-hydrogen) atoms. The molecule has 0 saturated carbocycles. The van der Waals surface area contributed by atoms with Gasteiger partial charge in [-0.2, -0.15) is 0 Å². The molecule has 0 radical (unpaired) electrons. The molecule has 3 aromatic heterocycles.